The average molecular weight is 282 g/mol. The number of nitrogens with two attached hydrogens (primary N) is 1. The molecule has 0 bridgehead atoms. The predicted molar refractivity (Wildman–Crippen MR) is 85.9 cm³/mol. The van der Waals surface area contributed by atoms with E-state index in [0.29, 0.717) is 0 Å². The molecule has 2 unspecified atom stereocenters. The van der Waals surface area contributed by atoms with Gasteiger partial charge in [0.15, 0.2) is 0 Å². The number of primary amides is 1. The van der Waals surface area contributed by atoms with Crippen molar-refractivity contribution in [2.45, 2.75) is 32.4 Å². The Morgan fingerprint density at radius 1 is 1.00 bits per heavy atom. The van der Waals surface area contributed by atoms with Crippen molar-refractivity contribution in [1.82, 2.24) is 5.32 Å². The summed E-state index contributed by atoms with van der Waals surface area (Å²) in [4.78, 5) is 11.1. The Morgan fingerprint density at radius 2 is 1.57 bits per heavy atom. The third kappa shape index (κ3) is 4.43. The van der Waals surface area contributed by atoms with Gasteiger partial charge in [0.25, 0.3) is 0 Å². The van der Waals surface area contributed by atoms with Gasteiger partial charge in [0, 0.05) is 6.04 Å². The topological polar surface area (TPSA) is 55.1 Å². The summed E-state index contributed by atoms with van der Waals surface area (Å²) in [5.74, 6) is -0.331. The summed E-state index contributed by atoms with van der Waals surface area (Å²) < 4.78 is 0. The molecule has 0 radical (unpaired) electrons. The van der Waals surface area contributed by atoms with Gasteiger partial charge in [-0.1, -0.05) is 54.6 Å². The first-order chi connectivity index (χ1) is 10.1. The van der Waals surface area contributed by atoms with Crippen molar-refractivity contribution >= 4 is 5.91 Å². The lowest BCUT2D eigenvalue weighted by Crippen LogP contribution is -2.39. The summed E-state index contributed by atoms with van der Waals surface area (Å²) in [5, 5.41) is 3.19. The molecule has 0 aliphatic rings. The molecule has 0 aromatic heterocycles. The van der Waals surface area contributed by atoms with Crippen LogP contribution < -0.4 is 11.1 Å². The van der Waals surface area contributed by atoms with E-state index in [0.717, 1.165) is 12.0 Å². The molecule has 0 aliphatic heterocycles. The van der Waals surface area contributed by atoms with Crippen LogP contribution in [0.15, 0.2) is 54.6 Å². The molecule has 3 nitrogen and oxygen atoms in total. The summed E-state index contributed by atoms with van der Waals surface area (Å²) >= 11 is 0. The van der Waals surface area contributed by atoms with Crippen LogP contribution in [0.2, 0.25) is 0 Å². The van der Waals surface area contributed by atoms with E-state index in [-0.39, 0.29) is 18.0 Å². The van der Waals surface area contributed by atoms with E-state index in [1.807, 2.05) is 13.0 Å². The lowest BCUT2D eigenvalue weighted by molar-refractivity contribution is -0.119. The molecule has 2 atom stereocenters. The van der Waals surface area contributed by atoms with E-state index in [1.165, 1.54) is 11.1 Å². The number of amides is 1. The first kappa shape index (κ1) is 15.3. The normalized spacial score (nSPS) is 13.6. The molecule has 0 saturated heterocycles. The zero-order valence-electron chi connectivity index (χ0n) is 12.5. The predicted octanol–water partition coefficient (Wildman–Crippen LogP) is 2.80. The first-order valence-corrected chi connectivity index (χ1v) is 7.24. The molecule has 0 fully saturated rings. The molecule has 2 aromatic rings. The maximum absolute atomic E-state index is 11.1. The summed E-state index contributed by atoms with van der Waals surface area (Å²) in [6.45, 7) is 3.81. The molecule has 3 heteroatoms. The highest BCUT2D eigenvalue weighted by Crippen LogP contribution is 2.16. The van der Waals surface area contributed by atoms with Gasteiger partial charge < -0.3 is 5.73 Å². The van der Waals surface area contributed by atoms with Crippen LogP contribution >= 0.6 is 0 Å². The zero-order chi connectivity index (χ0) is 15.2. The molecule has 0 saturated carbocycles. The molecule has 110 valence electrons. The van der Waals surface area contributed by atoms with Gasteiger partial charge in [-0.15, -0.1) is 0 Å². The van der Waals surface area contributed by atoms with Crippen molar-refractivity contribution < 1.29 is 4.79 Å². The third-order valence-electron chi connectivity index (χ3n) is 3.66. The highest BCUT2D eigenvalue weighted by atomic mass is 16.1. The average Bonchev–Trinajstić information content (AvgIpc) is 2.48. The summed E-state index contributed by atoms with van der Waals surface area (Å²) in [6, 6.07) is 18.6. The molecule has 1 amide bonds. The molecule has 0 aliphatic carbocycles. The highest BCUT2D eigenvalue weighted by Gasteiger charge is 2.13. The van der Waals surface area contributed by atoms with E-state index < -0.39 is 0 Å². The first-order valence-electron chi connectivity index (χ1n) is 7.24. The Hall–Kier alpha value is -2.13. The fourth-order valence-corrected chi connectivity index (χ4v) is 2.31. The van der Waals surface area contributed by atoms with Gasteiger partial charge in [-0.3, -0.25) is 10.1 Å². The van der Waals surface area contributed by atoms with Crippen LogP contribution in [0.4, 0.5) is 0 Å². The van der Waals surface area contributed by atoms with E-state index in [9.17, 15) is 4.79 Å². The molecule has 0 heterocycles. The molecule has 2 aromatic carbocycles. The van der Waals surface area contributed by atoms with Crippen molar-refractivity contribution in [3.63, 3.8) is 0 Å². The molecular weight excluding hydrogens is 260 g/mol. The van der Waals surface area contributed by atoms with E-state index >= 15 is 0 Å². The summed E-state index contributed by atoms with van der Waals surface area (Å²) in [6.07, 6.45) is 0.931. The van der Waals surface area contributed by atoms with Crippen molar-refractivity contribution in [2.75, 3.05) is 0 Å². The second kappa shape index (κ2) is 7.04. The molecule has 2 rings (SSSR count). The quantitative estimate of drug-likeness (QED) is 0.856. The highest BCUT2D eigenvalue weighted by molar-refractivity contribution is 5.79. The zero-order valence-corrected chi connectivity index (χ0v) is 12.5. The van der Waals surface area contributed by atoms with Gasteiger partial charge in [0.1, 0.15) is 0 Å². The Morgan fingerprint density at radius 3 is 2.14 bits per heavy atom. The smallest absolute Gasteiger partial charge is 0.234 e. The minimum atomic E-state index is -0.331. The Labute approximate surface area is 126 Å². The molecule has 0 spiro atoms. The molecular formula is C18H22N2O. The van der Waals surface area contributed by atoms with Crippen LogP contribution in [0.5, 0.6) is 0 Å². The monoisotopic (exact) mass is 282 g/mol. The number of carbonyl (C=O) groups is 1. The Kier molecular flexibility index (Phi) is 5.12. The summed E-state index contributed by atoms with van der Waals surface area (Å²) in [7, 11) is 0. The number of carbonyl (C=O) groups excluding carboxylic acids is 1. The largest absolute Gasteiger partial charge is 0.368 e. The van der Waals surface area contributed by atoms with Crippen LogP contribution in [0.3, 0.4) is 0 Å². The minimum absolute atomic E-state index is 0.0956. The second-order valence-corrected chi connectivity index (χ2v) is 5.42. The fourth-order valence-electron chi connectivity index (χ4n) is 2.31. The third-order valence-corrected chi connectivity index (χ3v) is 3.66. The van der Waals surface area contributed by atoms with Gasteiger partial charge in [0.05, 0.1) is 6.04 Å². The number of hydrogen-bond acceptors (Lipinski definition) is 2. The maximum Gasteiger partial charge on any atom is 0.234 e. The van der Waals surface area contributed by atoms with Crippen molar-refractivity contribution in [1.29, 1.82) is 0 Å². The van der Waals surface area contributed by atoms with Crippen LogP contribution in [-0.4, -0.2) is 11.9 Å². The number of benzene rings is 2. The lowest BCUT2D eigenvalue weighted by atomic mass is 10.0. The van der Waals surface area contributed by atoms with Crippen LogP contribution in [0.1, 0.15) is 36.6 Å². The van der Waals surface area contributed by atoms with Crippen molar-refractivity contribution in [2.24, 2.45) is 5.73 Å². The van der Waals surface area contributed by atoms with Crippen LogP contribution in [-0.2, 0) is 11.2 Å². The van der Waals surface area contributed by atoms with Gasteiger partial charge >= 0.3 is 0 Å². The van der Waals surface area contributed by atoms with Gasteiger partial charge in [-0.2, -0.15) is 0 Å². The van der Waals surface area contributed by atoms with Crippen LogP contribution in [0.25, 0.3) is 0 Å². The van der Waals surface area contributed by atoms with Gasteiger partial charge in [-0.05, 0) is 37.0 Å². The maximum atomic E-state index is 11.1. The fraction of sp³-hybridized carbons (Fsp3) is 0.278. The SMILES string of the molecule is CC(NC(C)c1ccc(Cc2ccccc2)cc1)C(N)=O. The number of nitrogens with one attached hydrogen (secondary N) is 1. The van der Waals surface area contributed by atoms with E-state index in [4.69, 9.17) is 5.73 Å². The second-order valence-electron chi connectivity index (χ2n) is 5.42. The van der Waals surface area contributed by atoms with Gasteiger partial charge in [-0.25, -0.2) is 0 Å². The van der Waals surface area contributed by atoms with Crippen molar-refractivity contribution in [3.05, 3.63) is 71.3 Å². The minimum Gasteiger partial charge on any atom is -0.368 e. The lowest BCUT2D eigenvalue weighted by Gasteiger charge is -2.18. The van der Waals surface area contributed by atoms with Crippen LogP contribution in [0, 0.1) is 0 Å². The van der Waals surface area contributed by atoms with Crippen molar-refractivity contribution in [3.8, 4) is 0 Å². The van der Waals surface area contributed by atoms with E-state index in [1.54, 1.807) is 6.92 Å². The number of hydrogen-bond donors (Lipinski definition) is 2. The molecule has 21 heavy (non-hydrogen) atoms. The standard InChI is InChI=1S/C18H22N2O/c1-13(20-14(2)18(19)21)17-10-8-16(9-11-17)12-15-6-4-3-5-7-15/h3-11,13-14,20H,12H2,1-2H3,(H2,19,21). The Balaban J connectivity index is 2.00. The van der Waals surface area contributed by atoms with E-state index in [2.05, 4.69) is 53.8 Å². The summed E-state index contributed by atoms with van der Waals surface area (Å²) in [5.41, 5.74) is 9.01. The number of rotatable bonds is 6. The van der Waals surface area contributed by atoms with Gasteiger partial charge in [0.2, 0.25) is 5.91 Å². The molecule has 3 N–H and O–H groups in total. The Bertz CT molecular complexity index is 578.